The Balaban J connectivity index is 1.82. The monoisotopic (exact) mass is 327 g/mol. The molecule has 0 aliphatic rings. The topological polar surface area (TPSA) is 58.6 Å². The molecule has 0 atom stereocenters. The molecule has 22 heavy (non-hydrogen) atoms. The lowest BCUT2D eigenvalue weighted by Crippen LogP contribution is -2.18. The molecule has 0 spiro atoms. The van der Waals surface area contributed by atoms with Crippen molar-refractivity contribution in [2.24, 2.45) is 0 Å². The average molecular weight is 328 g/mol. The van der Waals surface area contributed by atoms with Crippen LogP contribution >= 0.6 is 11.6 Å². The third-order valence-corrected chi connectivity index (χ3v) is 3.56. The second-order valence-corrected chi connectivity index (χ2v) is 5.73. The average Bonchev–Trinajstić information content (AvgIpc) is 2.50. The summed E-state index contributed by atoms with van der Waals surface area (Å²) in [5.41, 5.74) is 1.29. The van der Waals surface area contributed by atoms with E-state index in [0.717, 1.165) is 63.4 Å². The van der Waals surface area contributed by atoms with Crippen molar-refractivity contribution >= 4 is 17.6 Å². The van der Waals surface area contributed by atoms with Gasteiger partial charge >= 0.3 is 5.97 Å². The Bertz CT molecular complexity index is 409. The molecule has 0 saturated heterocycles. The molecule has 4 nitrogen and oxygen atoms in total. The van der Waals surface area contributed by atoms with Crippen LogP contribution in [-0.2, 0) is 16.0 Å². The van der Waals surface area contributed by atoms with Crippen molar-refractivity contribution in [1.82, 2.24) is 5.32 Å². The predicted molar refractivity (Wildman–Crippen MR) is 89.6 cm³/mol. The lowest BCUT2D eigenvalue weighted by molar-refractivity contribution is -0.137. The summed E-state index contributed by atoms with van der Waals surface area (Å²) >= 11 is 5.84. The first-order valence-electron chi connectivity index (χ1n) is 7.93. The van der Waals surface area contributed by atoms with Gasteiger partial charge in [0.2, 0.25) is 0 Å². The number of benzene rings is 1. The molecule has 2 N–H and O–H groups in total. The van der Waals surface area contributed by atoms with Crippen LogP contribution in [0.3, 0.4) is 0 Å². The van der Waals surface area contributed by atoms with E-state index in [1.807, 2.05) is 12.1 Å². The van der Waals surface area contributed by atoms with E-state index in [1.165, 1.54) is 5.56 Å². The summed E-state index contributed by atoms with van der Waals surface area (Å²) in [5.74, 6) is -0.716. The predicted octanol–water partition coefficient (Wildman–Crippen LogP) is 3.52. The third kappa shape index (κ3) is 10.6. The highest BCUT2D eigenvalue weighted by Crippen LogP contribution is 2.10. The van der Waals surface area contributed by atoms with Crippen LogP contribution in [0.25, 0.3) is 0 Å². The fraction of sp³-hybridized carbons (Fsp3) is 0.588. The Morgan fingerprint density at radius 3 is 2.45 bits per heavy atom. The molecule has 5 heteroatoms. The quantitative estimate of drug-likeness (QED) is 0.544. The maximum absolute atomic E-state index is 10.3. The zero-order valence-electron chi connectivity index (χ0n) is 13.0. The van der Waals surface area contributed by atoms with Crippen LogP contribution in [0.4, 0.5) is 0 Å². The number of aliphatic carboxylic acids is 1. The van der Waals surface area contributed by atoms with Gasteiger partial charge in [-0.25, -0.2) is 0 Å². The number of unbranched alkanes of at least 4 members (excludes halogenated alkanes) is 1. The lowest BCUT2D eigenvalue weighted by Gasteiger charge is -2.06. The molecule has 0 aromatic heterocycles. The summed E-state index contributed by atoms with van der Waals surface area (Å²) < 4.78 is 5.59. The number of rotatable bonds is 13. The van der Waals surface area contributed by atoms with Crippen LogP contribution in [0, 0.1) is 0 Å². The Morgan fingerprint density at radius 1 is 1.05 bits per heavy atom. The Kier molecular flexibility index (Phi) is 10.7. The Morgan fingerprint density at radius 2 is 1.73 bits per heavy atom. The molecule has 1 aromatic carbocycles. The van der Waals surface area contributed by atoms with Crippen LogP contribution in [0.15, 0.2) is 24.3 Å². The van der Waals surface area contributed by atoms with Gasteiger partial charge in [-0.3, -0.25) is 4.79 Å². The van der Waals surface area contributed by atoms with Crippen LogP contribution in [-0.4, -0.2) is 37.4 Å². The largest absolute Gasteiger partial charge is 0.481 e. The summed E-state index contributed by atoms with van der Waals surface area (Å²) in [6.45, 7) is 3.35. The number of carboxylic acids is 1. The molecule has 0 aliphatic heterocycles. The van der Waals surface area contributed by atoms with E-state index in [9.17, 15) is 4.79 Å². The van der Waals surface area contributed by atoms with Crippen molar-refractivity contribution < 1.29 is 14.6 Å². The van der Waals surface area contributed by atoms with Gasteiger partial charge in [-0.15, -0.1) is 0 Å². The summed E-state index contributed by atoms with van der Waals surface area (Å²) in [4.78, 5) is 10.3. The second-order valence-electron chi connectivity index (χ2n) is 5.30. The molecule has 0 amide bonds. The van der Waals surface area contributed by atoms with Crippen LogP contribution in [0.5, 0.6) is 0 Å². The maximum Gasteiger partial charge on any atom is 0.303 e. The number of ether oxygens (including phenoxy) is 1. The van der Waals surface area contributed by atoms with Gasteiger partial charge in [0.05, 0.1) is 0 Å². The van der Waals surface area contributed by atoms with Crippen molar-refractivity contribution in [2.45, 2.75) is 38.5 Å². The summed E-state index contributed by atoms with van der Waals surface area (Å²) in [5, 5.41) is 12.6. The highest BCUT2D eigenvalue weighted by Gasteiger charge is 1.97. The second kappa shape index (κ2) is 12.4. The number of hydrogen-bond donors (Lipinski definition) is 2. The molecule has 0 aliphatic carbocycles. The van der Waals surface area contributed by atoms with Gasteiger partial charge in [0.25, 0.3) is 0 Å². The van der Waals surface area contributed by atoms with E-state index < -0.39 is 5.97 Å². The molecule has 0 bridgehead atoms. The Labute approximate surface area is 137 Å². The highest BCUT2D eigenvalue weighted by molar-refractivity contribution is 6.30. The molecule has 0 fully saturated rings. The van der Waals surface area contributed by atoms with E-state index in [2.05, 4.69) is 17.4 Å². The van der Waals surface area contributed by atoms with Crippen molar-refractivity contribution in [3.63, 3.8) is 0 Å². The van der Waals surface area contributed by atoms with Crippen molar-refractivity contribution in [3.05, 3.63) is 34.9 Å². The fourth-order valence-electron chi connectivity index (χ4n) is 2.08. The normalized spacial score (nSPS) is 10.8. The number of aryl methyl sites for hydroxylation is 1. The minimum absolute atomic E-state index is 0.262. The SMILES string of the molecule is O=C(O)CCCCNCCCOCCCc1ccc(Cl)cc1. The Hall–Kier alpha value is -1.10. The van der Waals surface area contributed by atoms with Gasteiger partial charge in [-0.05, 0) is 62.9 Å². The molecular weight excluding hydrogens is 302 g/mol. The van der Waals surface area contributed by atoms with Crippen LogP contribution in [0.2, 0.25) is 5.02 Å². The lowest BCUT2D eigenvalue weighted by atomic mass is 10.1. The zero-order chi connectivity index (χ0) is 16.0. The van der Waals surface area contributed by atoms with E-state index in [1.54, 1.807) is 0 Å². The highest BCUT2D eigenvalue weighted by atomic mass is 35.5. The smallest absolute Gasteiger partial charge is 0.303 e. The van der Waals surface area contributed by atoms with Crippen LogP contribution < -0.4 is 5.32 Å². The number of carboxylic acid groups (broad SMARTS) is 1. The summed E-state index contributed by atoms with van der Waals surface area (Å²) in [6, 6.07) is 7.94. The standard InChI is InChI=1S/C17H26ClNO3/c18-16-9-7-15(8-10-16)5-3-13-22-14-4-12-19-11-2-1-6-17(20)21/h7-10,19H,1-6,11-14H2,(H,20,21). The van der Waals surface area contributed by atoms with E-state index in [0.29, 0.717) is 0 Å². The summed E-state index contributed by atoms with van der Waals surface area (Å²) in [6.07, 6.45) is 4.93. The number of nitrogens with one attached hydrogen (secondary N) is 1. The first-order valence-corrected chi connectivity index (χ1v) is 8.31. The van der Waals surface area contributed by atoms with E-state index in [-0.39, 0.29) is 6.42 Å². The maximum atomic E-state index is 10.3. The number of carbonyl (C=O) groups is 1. The van der Waals surface area contributed by atoms with Gasteiger partial charge in [0.15, 0.2) is 0 Å². The van der Waals surface area contributed by atoms with Crippen molar-refractivity contribution in [1.29, 1.82) is 0 Å². The van der Waals surface area contributed by atoms with Gasteiger partial charge in [0.1, 0.15) is 0 Å². The fourth-order valence-corrected chi connectivity index (χ4v) is 2.21. The van der Waals surface area contributed by atoms with Gasteiger partial charge in [-0.2, -0.15) is 0 Å². The summed E-state index contributed by atoms with van der Waals surface area (Å²) in [7, 11) is 0. The minimum Gasteiger partial charge on any atom is -0.481 e. The van der Waals surface area contributed by atoms with Crippen molar-refractivity contribution in [2.75, 3.05) is 26.3 Å². The number of hydrogen-bond acceptors (Lipinski definition) is 3. The molecule has 0 radical (unpaired) electrons. The molecular formula is C17H26ClNO3. The van der Waals surface area contributed by atoms with Gasteiger partial charge in [0, 0.05) is 24.7 Å². The van der Waals surface area contributed by atoms with Gasteiger partial charge in [-0.1, -0.05) is 23.7 Å². The third-order valence-electron chi connectivity index (χ3n) is 3.30. The molecule has 0 saturated carbocycles. The molecule has 1 aromatic rings. The molecule has 124 valence electrons. The molecule has 1 rings (SSSR count). The van der Waals surface area contributed by atoms with E-state index >= 15 is 0 Å². The van der Waals surface area contributed by atoms with Crippen molar-refractivity contribution in [3.8, 4) is 0 Å². The first-order chi connectivity index (χ1) is 10.7. The van der Waals surface area contributed by atoms with Gasteiger partial charge < -0.3 is 15.2 Å². The molecule has 0 heterocycles. The molecule has 0 unspecified atom stereocenters. The first kappa shape index (κ1) is 18.9. The minimum atomic E-state index is -0.716. The number of halogens is 1. The van der Waals surface area contributed by atoms with E-state index in [4.69, 9.17) is 21.4 Å². The van der Waals surface area contributed by atoms with Crippen LogP contribution in [0.1, 0.15) is 37.7 Å². The zero-order valence-corrected chi connectivity index (χ0v) is 13.8.